The lowest BCUT2D eigenvalue weighted by molar-refractivity contribution is -0.141. The number of hydrogen-bond acceptors (Lipinski definition) is 4. The topological polar surface area (TPSA) is 32.3 Å². The first-order chi connectivity index (χ1) is 9.38. The van der Waals surface area contributed by atoms with Crippen molar-refractivity contribution in [2.24, 2.45) is 0 Å². The third-order valence-corrected chi connectivity index (χ3v) is 4.17. The molecule has 1 unspecified atom stereocenters. The lowest BCUT2D eigenvalue weighted by Crippen LogP contribution is -2.47. The van der Waals surface area contributed by atoms with E-state index in [0.29, 0.717) is 19.6 Å². The minimum atomic E-state index is -4.57. The van der Waals surface area contributed by atoms with Crippen LogP contribution in [0.3, 0.4) is 0 Å². The molecule has 3 rings (SSSR count). The maximum Gasteiger partial charge on any atom is 0.435 e. The van der Waals surface area contributed by atoms with E-state index in [1.807, 2.05) is 6.92 Å². The summed E-state index contributed by atoms with van der Waals surface area (Å²) in [5.74, 6) is 0.330. The van der Waals surface area contributed by atoms with Crippen LogP contribution in [0.1, 0.15) is 25.5 Å². The second kappa shape index (κ2) is 4.65. The van der Waals surface area contributed by atoms with Gasteiger partial charge >= 0.3 is 6.18 Å². The Balaban J connectivity index is 2.06. The zero-order valence-electron chi connectivity index (χ0n) is 10.9. The van der Waals surface area contributed by atoms with Crippen LogP contribution in [0.4, 0.5) is 24.9 Å². The Kier molecular flexibility index (Phi) is 3.19. The molecular formula is C12H14ClF3N4. The number of rotatable bonds is 2. The SMILES string of the molecule is CC1CCN1c1nc(N2CCC2)c(Cl)c(C(F)(F)F)n1. The molecule has 0 amide bonds. The molecule has 2 aliphatic rings. The Bertz CT molecular complexity index is 530. The Hall–Kier alpha value is -1.24. The van der Waals surface area contributed by atoms with Crippen molar-refractivity contribution < 1.29 is 13.2 Å². The summed E-state index contributed by atoms with van der Waals surface area (Å²) in [7, 11) is 0. The van der Waals surface area contributed by atoms with Gasteiger partial charge in [-0.1, -0.05) is 11.6 Å². The van der Waals surface area contributed by atoms with E-state index < -0.39 is 16.9 Å². The molecule has 0 spiro atoms. The van der Waals surface area contributed by atoms with Gasteiger partial charge in [-0.3, -0.25) is 0 Å². The standard InChI is InChI=1S/C12H14ClF3N4/c1-7-3-6-20(7)11-17-9(12(14,15)16)8(13)10(18-11)19-4-2-5-19/h7H,2-6H2,1H3. The first-order valence-corrected chi connectivity index (χ1v) is 6.92. The highest BCUT2D eigenvalue weighted by Crippen LogP contribution is 2.40. The van der Waals surface area contributed by atoms with Crippen LogP contribution < -0.4 is 9.80 Å². The molecule has 2 fully saturated rings. The van der Waals surface area contributed by atoms with Crippen molar-refractivity contribution >= 4 is 23.4 Å². The van der Waals surface area contributed by atoms with Gasteiger partial charge in [-0.05, 0) is 19.8 Å². The normalized spacial score (nSPS) is 22.6. The monoisotopic (exact) mass is 306 g/mol. The van der Waals surface area contributed by atoms with Crippen molar-refractivity contribution in [2.75, 3.05) is 29.4 Å². The highest BCUT2D eigenvalue weighted by Gasteiger charge is 2.40. The van der Waals surface area contributed by atoms with Crippen molar-refractivity contribution in [2.45, 2.75) is 32.0 Å². The fourth-order valence-corrected chi connectivity index (χ4v) is 2.60. The van der Waals surface area contributed by atoms with Gasteiger partial charge in [-0.15, -0.1) is 0 Å². The fourth-order valence-electron chi connectivity index (χ4n) is 2.29. The highest BCUT2D eigenvalue weighted by atomic mass is 35.5. The predicted molar refractivity (Wildman–Crippen MR) is 70.3 cm³/mol. The molecule has 4 nitrogen and oxygen atoms in total. The third kappa shape index (κ3) is 2.17. The first kappa shape index (κ1) is 13.7. The van der Waals surface area contributed by atoms with E-state index in [1.165, 1.54) is 0 Å². The minimum absolute atomic E-state index is 0.127. The van der Waals surface area contributed by atoms with Crippen molar-refractivity contribution in [3.63, 3.8) is 0 Å². The average Bonchev–Trinajstić information content (AvgIpc) is 2.27. The molecule has 1 atom stereocenters. The van der Waals surface area contributed by atoms with Gasteiger partial charge in [0.15, 0.2) is 11.5 Å². The second-order valence-electron chi connectivity index (χ2n) is 5.18. The molecule has 0 radical (unpaired) electrons. The zero-order chi connectivity index (χ0) is 14.5. The maximum absolute atomic E-state index is 13.1. The van der Waals surface area contributed by atoms with Crippen molar-refractivity contribution in [3.05, 3.63) is 10.7 Å². The van der Waals surface area contributed by atoms with Gasteiger partial charge < -0.3 is 9.80 Å². The minimum Gasteiger partial charge on any atom is -0.355 e. The summed E-state index contributed by atoms with van der Waals surface area (Å²) in [6.45, 7) is 3.99. The Morgan fingerprint density at radius 2 is 1.90 bits per heavy atom. The summed E-state index contributed by atoms with van der Waals surface area (Å²) >= 11 is 5.87. The Morgan fingerprint density at radius 1 is 1.20 bits per heavy atom. The van der Waals surface area contributed by atoms with Crippen LogP contribution in [0.15, 0.2) is 0 Å². The maximum atomic E-state index is 13.1. The predicted octanol–water partition coefficient (Wildman–Crippen LogP) is 2.96. The highest BCUT2D eigenvalue weighted by molar-refractivity contribution is 6.33. The largest absolute Gasteiger partial charge is 0.435 e. The molecule has 0 N–H and O–H groups in total. The third-order valence-electron chi connectivity index (χ3n) is 3.82. The zero-order valence-corrected chi connectivity index (χ0v) is 11.7. The Morgan fingerprint density at radius 3 is 2.30 bits per heavy atom. The molecule has 0 bridgehead atoms. The second-order valence-corrected chi connectivity index (χ2v) is 5.56. The molecule has 1 aromatic rings. The molecule has 8 heteroatoms. The number of anilines is 2. The lowest BCUT2D eigenvalue weighted by atomic mass is 10.1. The van der Waals surface area contributed by atoms with Crippen molar-refractivity contribution in [3.8, 4) is 0 Å². The van der Waals surface area contributed by atoms with Gasteiger partial charge in [0.05, 0.1) is 0 Å². The quantitative estimate of drug-likeness (QED) is 0.841. The van der Waals surface area contributed by atoms with E-state index in [9.17, 15) is 13.2 Å². The number of halogens is 4. The van der Waals surface area contributed by atoms with Gasteiger partial charge in [0, 0.05) is 25.7 Å². The van der Waals surface area contributed by atoms with E-state index in [0.717, 1.165) is 12.8 Å². The molecule has 3 heterocycles. The van der Waals surface area contributed by atoms with Gasteiger partial charge in [0.2, 0.25) is 5.95 Å². The molecule has 2 aliphatic heterocycles. The lowest BCUT2D eigenvalue weighted by Gasteiger charge is -2.40. The van der Waals surface area contributed by atoms with Crippen molar-refractivity contribution in [1.29, 1.82) is 0 Å². The molecule has 0 saturated carbocycles. The summed E-state index contributed by atoms with van der Waals surface area (Å²) in [5, 5.41) is -0.394. The van der Waals surface area contributed by atoms with E-state index in [4.69, 9.17) is 11.6 Å². The Labute approximate surface area is 119 Å². The number of hydrogen-bond donors (Lipinski definition) is 0. The number of alkyl halides is 3. The first-order valence-electron chi connectivity index (χ1n) is 6.54. The number of aromatic nitrogens is 2. The molecule has 20 heavy (non-hydrogen) atoms. The molecule has 2 saturated heterocycles. The summed E-state index contributed by atoms with van der Waals surface area (Å²) in [6, 6.07) is 0.168. The summed E-state index contributed by atoms with van der Waals surface area (Å²) in [6.07, 6.45) is -2.69. The van der Waals surface area contributed by atoms with Crippen LogP contribution in [0.2, 0.25) is 5.02 Å². The summed E-state index contributed by atoms with van der Waals surface area (Å²) in [5.41, 5.74) is -1.04. The van der Waals surface area contributed by atoms with E-state index >= 15 is 0 Å². The molecular weight excluding hydrogens is 293 g/mol. The van der Waals surface area contributed by atoms with E-state index in [2.05, 4.69) is 9.97 Å². The molecule has 110 valence electrons. The van der Waals surface area contributed by atoms with Crippen LogP contribution in [0.25, 0.3) is 0 Å². The smallest absolute Gasteiger partial charge is 0.355 e. The summed E-state index contributed by atoms with van der Waals surface area (Å²) in [4.78, 5) is 11.4. The average molecular weight is 307 g/mol. The van der Waals surface area contributed by atoms with E-state index in [1.54, 1.807) is 9.80 Å². The van der Waals surface area contributed by atoms with E-state index in [-0.39, 0.29) is 17.8 Å². The van der Waals surface area contributed by atoms with Crippen LogP contribution in [-0.2, 0) is 6.18 Å². The van der Waals surface area contributed by atoms with Gasteiger partial charge in [-0.2, -0.15) is 18.2 Å². The molecule has 0 aromatic carbocycles. The van der Waals surface area contributed by atoms with Crippen LogP contribution in [-0.4, -0.2) is 35.6 Å². The van der Waals surface area contributed by atoms with Crippen LogP contribution in [0.5, 0.6) is 0 Å². The summed E-state index contributed by atoms with van der Waals surface area (Å²) < 4.78 is 39.2. The van der Waals surface area contributed by atoms with Gasteiger partial charge in [0.25, 0.3) is 0 Å². The molecule has 0 aliphatic carbocycles. The number of nitrogens with zero attached hydrogens (tertiary/aromatic N) is 4. The van der Waals surface area contributed by atoms with Gasteiger partial charge in [0.1, 0.15) is 5.02 Å². The van der Waals surface area contributed by atoms with Crippen LogP contribution >= 0.6 is 11.6 Å². The van der Waals surface area contributed by atoms with Crippen molar-refractivity contribution in [1.82, 2.24) is 9.97 Å². The van der Waals surface area contributed by atoms with Crippen LogP contribution in [0, 0.1) is 0 Å². The molecule has 1 aromatic heterocycles. The van der Waals surface area contributed by atoms with Gasteiger partial charge in [-0.25, -0.2) is 4.98 Å². The fraction of sp³-hybridized carbons (Fsp3) is 0.667.